The summed E-state index contributed by atoms with van der Waals surface area (Å²) < 4.78 is 50.1. The Hall–Kier alpha value is -2.78. The van der Waals surface area contributed by atoms with Crippen LogP contribution in [0.1, 0.15) is 45.6 Å². The molecular formula is C25H33NO7S. The first-order valence-corrected chi connectivity index (χ1v) is 13.0. The molecule has 0 aromatic heterocycles. The highest BCUT2D eigenvalue weighted by Gasteiger charge is 2.23. The number of epoxide rings is 1. The van der Waals surface area contributed by atoms with Gasteiger partial charge in [-0.2, -0.15) is 0 Å². The zero-order valence-corrected chi connectivity index (χ0v) is 20.7. The van der Waals surface area contributed by atoms with Gasteiger partial charge in [-0.15, -0.1) is 0 Å². The van der Waals surface area contributed by atoms with E-state index in [0.717, 1.165) is 5.56 Å². The summed E-state index contributed by atoms with van der Waals surface area (Å²) in [4.78, 5) is 11.8. The maximum absolute atomic E-state index is 12.7. The van der Waals surface area contributed by atoms with Crippen LogP contribution in [0.25, 0.3) is 0 Å². The standard InChI is InChI=1S/C25H33NO7S/c1-25(2,3)33-24(27)11-7-8-14-34(28,29)26-22-15-20(30-17-21-18-31-21)12-13-23(22)32-16-19-9-5-4-6-10-19/h4-6,9-10,12-13,15,21,26H,7-8,11,14,16-18H2,1-3H3/t21-/m1/s1. The quantitative estimate of drug-likeness (QED) is 0.253. The first-order chi connectivity index (χ1) is 16.1. The van der Waals surface area contributed by atoms with Crippen molar-refractivity contribution < 1.29 is 32.2 Å². The fourth-order valence-electron chi connectivity index (χ4n) is 3.07. The number of anilines is 1. The average Bonchev–Trinajstić information content (AvgIpc) is 3.58. The summed E-state index contributed by atoms with van der Waals surface area (Å²) in [5.41, 5.74) is 0.710. The molecule has 1 fully saturated rings. The van der Waals surface area contributed by atoms with Crippen LogP contribution in [0.4, 0.5) is 5.69 Å². The van der Waals surface area contributed by atoms with Crippen LogP contribution in [-0.4, -0.2) is 45.1 Å². The van der Waals surface area contributed by atoms with Gasteiger partial charge in [-0.25, -0.2) is 8.42 Å². The van der Waals surface area contributed by atoms with Crippen molar-refractivity contribution in [3.63, 3.8) is 0 Å². The van der Waals surface area contributed by atoms with Crippen molar-refractivity contribution in [2.45, 2.75) is 58.3 Å². The van der Waals surface area contributed by atoms with Crippen molar-refractivity contribution in [1.82, 2.24) is 0 Å². The fraction of sp³-hybridized carbons (Fsp3) is 0.480. The van der Waals surface area contributed by atoms with Crippen LogP contribution in [0.2, 0.25) is 0 Å². The minimum atomic E-state index is -3.67. The second-order valence-corrected chi connectivity index (χ2v) is 11.0. The smallest absolute Gasteiger partial charge is 0.306 e. The number of benzene rings is 2. The van der Waals surface area contributed by atoms with Gasteiger partial charge in [0, 0.05) is 12.5 Å². The topological polar surface area (TPSA) is 103 Å². The van der Waals surface area contributed by atoms with Gasteiger partial charge < -0.3 is 18.9 Å². The van der Waals surface area contributed by atoms with E-state index in [4.69, 9.17) is 18.9 Å². The van der Waals surface area contributed by atoms with Crippen LogP contribution in [0.15, 0.2) is 48.5 Å². The molecule has 0 saturated carbocycles. The van der Waals surface area contributed by atoms with Crippen molar-refractivity contribution in [2.24, 2.45) is 0 Å². The van der Waals surface area contributed by atoms with Crippen LogP contribution in [-0.2, 0) is 30.9 Å². The Morgan fingerprint density at radius 1 is 1.09 bits per heavy atom. The molecule has 3 rings (SSSR count). The number of hydrogen-bond acceptors (Lipinski definition) is 7. The van der Waals surface area contributed by atoms with E-state index in [2.05, 4.69) is 4.72 Å². The molecule has 1 aliphatic rings. The van der Waals surface area contributed by atoms with Crippen LogP contribution in [0.5, 0.6) is 11.5 Å². The second-order valence-electron chi connectivity index (χ2n) is 9.16. The molecule has 1 atom stereocenters. The lowest BCUT2D eigenvalue weighted by Gasteiger charge is -2.19. The SMILES string of the molecule is CC(C)(C)OC(=O)CCCCS(=O)(=O)Nc1cc(OC[C@@H]2CO2)ccc1OCc1ccccc1. The lowest BCUT2D eigenvalue weighted by Crippen LogP contribution is -2.24. The van der Waals surface area contributed by atoms with E-state index in [-0.39, 0.29) is 24.2 Å². The van der Waals surface area contributed by atoms with Crippen LogP contribution >= 0.6 is 0 Å². The number of ether oxygens (including phenoxy) is 4. The predicted octanol–water partition coefficient (Wildman–Crippen LogP) is 4.30. The molecule has 2 aromatic carbocycles. The third kappa shape index (κ3) is 9.61. The molecule has 1 aliphatic heterocycles. The molecule has 8 nitrogen and oxygen atoms in total. The monoisotopic (exact) mass is 491 g/mol. The predicted molar refractivity (Wildman–Crippen MR) is 130 cm³/mol. The molecular weight excluding hydrogens is 458 g/mol. The third-order valence-electron chi connectivity index (χ3n) is 4.76. The van der Waals surface area contributed by atoms with Crippen molar-refractivity contribution in [3.05, 3.63) is 54.1 Å². The van der Waals surface area contributed by atoms with Gasteiger partial charge >= 0.3 is 5.97 Å². The highest BCUT2D eigenvalue weighted by molar-refractivity contribution is 7.92. The summed E-state index contributed by atoms with van der Waals surface area (Å²) in [7, 11) is -3.67. The van der Waals surface area contributed by atoms with Crippen LogP contribution < -0.4 is 14.2 Å². The molecule has 0 amide bonds. The second kappa shape index (κ2) is 11.6. The van der Waals surface area contributed by atoms with E-state index < -0.39 is 15.6 Å². The van der Waals surface area contributed by atoms with E-state index in [1.54, 1.807) is 39.0 Å². The number of sulfonamides is 1. The molecule has 2 aromatic rings. The van der Waals surface area contributed by atoms with Gasteiger partial charge in [0.25, 0.3) is 0 Å². The Kier molecular flexibility index (Phi) is 8.79. The molecule has 9 heteroatoms. The van der Waals surface area contributed by atoms with Crippen LogP contribution in [0, 0.1) is 0 Å². The van der Waals surface area contributed by atoms with Gasteiger partial charge in [0.15, 0.2) is 0 Å². The molecule has 0 spiro atoms. The highest BCUT2D eigenvalue weighted by Crippen LogP contribution is 2.31. The highest BCUT2D eigenvalue weighted by atomic mass is 32.2. The maximum atomic E-state index is 12.7. The number of esters is 1. The van der Waals surface area contributed by atoms with Crippen molar-refractivity contribution in [3.8, 4) is 11.5 Å². The van der Waals surface area contributed by atoms with E-state index in [9.17, 15) is 13.2 Å². The Morgan fingerprint density at radius 3 is 2.50 bits per heavy atom. The molecule has 186 valence electrons. The Labute approximate surface area is 201 Å². The number of carbonyl (C=O) groups excluding carboxylic acids is 1. The van der Waals surface area contributed by atoms with E-state index >= 15 is 0 Å². The number of carbonyl (C=O) groups is 1. The van der Waals surface area contributed by atoms with E-state index in [0.29, 0.717) is 49.8 Å². The minimum Gasteiger partial charge on any atom is -0.491 e. The molecule has 0 unspecified atom stereocenters. The molecule has 0 aliphatic carbocycles. The van der Waals surface area contributed by atoms with Gasteiger partial charge in [0.1, 0.15) is 36.4 Å². The zero-order chi connectivity index (χ0) is 24.6. The molecule has 1 heterocycles. The van der Waals surface area contributed by atoms with Crippen LogP contribution in [0.3, 0.4) is 0 Å². The summed E-state index contributed by atoms with van der Waals surface area (Å²) in [6.07, 6.45) is 0.992. The summed E-state index contributed by atoms with van der Waals surface area (Å²) >= 11 is 0. The lowest BCUT2D eigenvalue weighted by atomic mass is 10.2. The summed E-state index contributed by atoms with van der Waals surface area (Å²) in [5.74, 6) is 0.454. The van der Waals surface area contributed by atoms with Gasteiger partial charge in [-0.3, -0.25) is 9.52 Å². The molecule has 1 N–H and O–H groups in total. The number of rotatable bonds is 13. The first kappa shape index (κ1) is 25.8. The van der Waals surface area contributed by atoms with Gasteiger partial charge in [0.05, 0.1) is 18.0 Å². The molecule has 34 heavy (non-hydrogen) atoms. The zero-order valence-electron chi connectivity index (χ0n) is 19.9. The Balaban J connectivity index is 1.60. The Bertz CT molecular complexity index is 1040. The van der Waals surface area contributed by atoms with Gasteiger partial charge in [0.2, 0.25) is 10.0 Å². The van der Waals surface area contributed by atoms with Crippen molar-refractivity contribution >= 4 is 21.7 Å². The van der Waals surface area contributed by atoms with E-state index in [1.165, 1.54) is 0 Å². The lowest BCUT2D eigenvalue weighted by molar-refractivity contribution is -0.154. The van der Waals surface area contributed by atoms with Gasteiger partial charge in [-0.05, 0) is 51.3 Å². The van der Waals surface area contributed by atoms with Crippen molar-refractivity contribution in [1.29, 1.82) is 0 Å². The molecule has 0 radical (unpaired) electrons. The van der Waals surface area contributed by atoms with E-state index in [1.807, 2.05) is 30.3 Å². The fourth-order valence-corrected chi connectivity index (χ4v) is 4.25. The summed E-state index contributed by atoms with van der Waals surface area (Å²) in [6, 6.07) is 14.6. The number of unbranched alkanes of at least 4 members (excludes halogenated alkanes) is 1. The molecule has 1 saturated heterocycles. The van der Waals surface area contributed by atoms with Gasteiger partial charge in [-0.1, -0.05) is 30.3 Å². The molecule has 0 bridgehead atoms. The normalized spacial score (nSPS) is 15.4. The largest absolute Gasteiger partial charge is 0.491 e. The number of hydrogen-bond donors (Lipinski definition) is 1. The minimum absolute atomic E-state index is 0.0825. The van der Waals surface area contributed by atoms with Crippen molar-refractivity contribution in [2.75, 3.05) is 23.7 Å². The Morgan fingerprint density at radius 2 is 1.82 bits per heavy atom. The average molecular weight is 492 g/mol. The summed E-state index contributed by atoms with van der Waals surface area (Å²) in [5, 5.41) is 0. The third-order valence-corrected chi connectivity index (χ3v) is 6.11. The summed E-state index contributed by atoms with van der Waals surface area (Å²) in [6.45, 7) is 6.76. The number of nitrogens with one attached hydrogen (secondary N) is 1. The maximum Gasteiger partial charge on any atom is 0.306 e. The first-order valence-electron chi connectivity index (χ1n) is 11.4.